The molecule has 1 unspecified atom stereocenters. The van der Waals surface area contributed by atoms with E-state index in [1.165, 1.54) is 22.6 Å². The number of fused-ring (bicyclic) bond motifs is 2. The molecule has 0 aliphatic carbocycles. The van der Waals surface area contributed by atoms with Crippen molar-refractivity contribution < 1.29 is 4.74 Å². The van der Waals surface area contributed by atoms with Gasteiger partial charge < -0.3 is 9.64 Å². The van der Waals surface area contributed by atoms with Crippen LogP contribution in [0.25, 0.3) is 0 Å². The van der Waals surface area contributed by atoms with Crippen molar-refractivity contribution in [2.45, 2.75) is 23.0 Å². The zero-order valence-electron chi connectivity index (χ0n) is 12.0. The third kappa shape index (κ3) is 2.62. The van der Waals surface area contributed by atoms with E-state index >= 15 is 0 Å². The van der Waals surface area contributed by atoms with Gasteiger partial charge in [-0.3, -0.25) is 0 Å². The predicted molar refractivity (Wildman–Crippen MR) is 88.6 cm³/mol. The minimum absolute atomic E-state index is 0.647. The molecule has 2 aromatic carbocycles. The van der Waals surface area contributed by atoms with Crippen molar-refractivity contribution in [1.82, 2.24) is 0 Å². The summed E-state index contributed by atoms with van der Waals surface area (Å²) in [5.41, 5.74) is 2.76. The molecule has 2 aliphatic heterocycles. The van der Waals surface area contributed by atoms with Crippen LogP contribution in [-0.4, -0.2) is 24.9 Å². The third-order valence-corrected chi connectivity index (χ3v) is 5.48. The van der Waals surface area contributed by atoms with E-state index in [-0.39, 0.29) is 0 Å². The molecule has 108 valence electrons. The fourth-order valence-corrected chi connectivity index (χ4v) is 4.53. The Kier molecular flexibility index (Phi) is 3.52. The first-order valence-electron chi connectivity index (χ1n) is 7.61. The van der Waals surface area contributed by atoms with Gasteiger partial charge in [-0.05, 0) is 36.6 Å². The topological polar surface area (TPSA) is 12.5 Å². The summed E-state index contributed by atoms with van der Waals surface area (Å²) in [4.78, 5) is 3.97. The second kappa shape index (κ2) is 5.64. The average Bonchev–Trinajstić information content (AvgIpc) is 2.82. The zero-order valence-corrected chi connectivity index (χ0v) is 12.8. The quantitative estimate of drug-likeness (QED) is 0.831. The third-order valence-electron chi connectivity index (χ3n) is 4.17. The number of para-hydroxylation sites is 2. The summed E-state index contributed by atoms with van der Waals surface area (Å²) in [7, 11) is 0. The van der Waals surface area contributed by atoms with Gasteiger partial charge in [0.05, 0.1) is 12.3 Å². The number of rotatable bonds is 2. The Morgan fingerprint density at radius 1 is 1.10 bits per heavy atom. The Morgan fingerprint density at radius 2 is 1.95 bits per heavy atom. The highest BCUT2D eigenvalue weighted by molar-refractivity contribution is 8.00. The molecule has 2 aliphatic rings. The van der Waals surface area contributed by atoms with Crippen molar-refractivity contribution >= 4 is 17.4 Å². The van der Waals surface area contributed by atoms with Crippen molar-refractivity contribution in [2.75, 3.05) is 24.6 Å². The summed E-state index contributed by atoms with van der Waals surface area (Å²) >= 11 is 2.03. The largest absolute Gasteiger partial charge is 0.491 e. The van der Waals surface area contributed by atoms with E-state index in [0.717, 1.165) is 31.9 Å². The summed E-state index contributed by atoms with van der Waals surface area (Å²) in [5.74, 6) is 1.04. The van der Waals surface area contributed by atoms with Gasteiger partial charge in [0.15, 0.2) is 0 Å². The summed E-state index contributed by atoms with van der Waals surface area (Å²) in [6.45, 7) is 3.01. The normalized spacial score (nSPS) is 20.4. The molecule has 0 aromatic heterocycles. The van der Waals surface area contributed by atoms with E-state index in [1.807, 2.05) is 11.8 Å². The van der Waals surface area contributed by atoms with E-state index in [1.54, 1.807) is 0 Å². The smallest absolute Gasteiger partial charge is 0.142 e. The van der Waals surface area contributed by atoms with Gasteiger partial charge >= 0.3 is 0 Å². The van der Waals surface area contributed by atoms with Crippen LogP contribution in [0.3, 0.4) is 0 Å². The molecule has 0 saturated heterocycles. The lowest BCUT2D eigenvalue weighted by Crippen LogP contribution is -2.31. The Balaban J connectivity index is 1.53. The molecule has 3 heteroatoms. The first-order valence-corrected chi connectivity index (χ1v) is 8.49. The Hall–Kier alpha value is -1.61. The second-order valence-corrected chi connectivity index (χ2v) is 7.01. The van der Waals surface area contributed by atoms with Gasteiger partial charge in [-0.25, -0.2) is 0 Å². The van der Waals surface area contributed by atoms with Crippen LogP contribution in [-0.2, 0) is 6.42 Å². The number of ether oxygens (including phenoxy) is 1. The highest BCUT2D eigenvalue weighted by Crippen LogP contribution is 2.39. The Bertz CT molecular complexity index is 618. The van der Waals surface area contributed by atoms with Gasteiger partial charge in [0.25, 0.3) is 0 Å². The fourth-order valence-electron chi connectivity index (χ4n) is 3.19. The van der Waals surface area contributed by atoms with Gasteiger partial charge in [0.2, 0.25) is 0 Å². The maximum Gasteiger partial charge on any atom is 0.142 e. The van der Waals surface area contributed by atoms with Crippen molar-refractivity contribution in [3.05, 3.63) is 54.1 Å². The molecule has 0 fully saturated rings. The molecule has 4 rings (SSSR count). The lowest BCUT2D eigenvalue weighted by atomic mass is 10.1. The molecule has 1 atom stereocenters. The number of nitrogens with zero attached hydrogens (tertiary/aromatic N) is 1. The van der Waals surface area contributed by atoms with Crippen LogP contribution in [0.4, 0.5) is 5.69 Å². The van der Waals surface area contributed by atoms with E-state index in [4.69, 9.17) is 4.74 Å². The summed E-state index contributed by atoms with van der Waals surface area (Å²) in [6, 6.07) is 17.2. The van der Waals surface area contributed by atoms with Crippen LogP contribution in [0.15, 0.2) is 53.4 Å². The summed E-state index contributed by atoms with van der Waals surface area (Å²) in [5, 5.41) is 0.647. The number of benzene rings is 2. The Labute approximate surface area is 130 Å². The van der Waals surface area contributed by atoms with Crippen molar-refractivity contribution in [3.63, 3.8) is 0 Å². The molecule has 0 bridgehead atoms. The van der Waals surface area contributed by atoms with E-state index in [2.05, 4.69) is 53.4 Å². The van der Waals surface area contributed by atoms with Crippen LogP contribution >= 0.6 is 11.8 Å². The maximum atomic E-state index is 5.86. The van der Waals surface area contributed by atoms with Gasteiger partial charge in [0.1, 0.15) is 5.75 Å². The highest BCUT2D eigenvalue weighted by Gasteiger charge is 2.25. The molecule has 2 nitrogen and oxygen atoms in total. The monoisotopic (exact) mass is 297 g/mol. The molecule has 0 radical (unpaired) electrons. The van der Waals surface area contributed by atoms with Crippen LogP contribution in [0.2, 0.25) is 0 Å². The lowest BCUT2D eigenvalue weighted by Gasteiger charge is -2.26. The maximum absolute atomic E-state index is 5.86. The standard InChI is InChI=1S/C18H19NOS/c1-4-9-18-14(6-1)12-15(21-18)13-19-10-5-11-20-17-8-3-2-7-16(17)19/h1-4,6-9,15H,5,10-13H2. The van der Waals surface area contributed by atoms with E-state index < -0.39 is 0 Å². The number of thioether (sulfide) groups is 1. The van der Waals surface area contributed by atoms with Gasteiger partial charge in [-0.1, -0.05) is 30.3 Å². The number of hydrogen-bond donors (Lipinski definition) is 0. The minimum Gasteiger partial charge on any atom is -0.491 e. The van der Waals surface area contributed by atoms with Crippen molar-refractivity contribution in [2.24, 2.45) is 0 Å². The molecular weight excluding hydrogens is 278 g/mol. The number of anilines is 1. The van der Waals surface area contributed by atoms with Crippen LogP contribution in [0, 0.1) is 0 Å². The SMILES string of the molecule is c1ccc2c(c1)CC(CN1CCCOc3ccccc31)S2. The molecular formula is C18H19NOS. The number of hydrogen-bond acceptors (Lipinski definition) is 3. The van der Waals surface area contributed by atoms with E-state index in [0.29, 0.717) is 5.25 Å². The van der Waals surface area contributed by atoms with Crippen LogP contribution in [0.5, 0.6) is 5.75 Å². The summed E-state index contributed by atoms with van der Waals surface area (Å²) in [6.07, 6.45) is 2.28. The molecule has 2 heterocycles. The molecule has 0 N–H and O–H groups in total. The zero-order chi connectivity index (χ0) is 14.1. The van der Waals surface area contributed by atoms with E-state index in [9.17, 15) is 0 Å². The van der Waals surface area contributed by atoms with Gasteiger partial charge in [0, 0.05) is 23.2 Å². The summed E-state index contributed by atoms with van der Waals surface area (Å²) < 4.78 is 5.86. The molecule has 2 aromatic rings. The van der Waals surface area contributed by atoms with Gasteiger partial charge in [-0.15, -0.1) is 11.8 Å². The van der Waals surface area contributed by atoms with Crippen LogP contribution < -0.4 is 9.64 Å². The first kappa shape index (κ1) is 13.1. The molecule has 0 saturated carbocycles. The molecule has 21 heavy (non-hydrogen) atoms. The lowest BCUT2D eigenvalue weighted by molar-refractivity contribution is 0.322. The minimum atomic E-state index is 0.647. The van der Waals surface area contributed by atoms with Gasteiger partial charge in [-0.2, -0.15) is 0 Å². The first-order chi connectivity index (χ1) is 10.4. The van der Waals surface area contributed by atoms with Crippen molar-refractivity contribution in [1.29, 1.82) is 0 Å². The molecule has 0 spiro atoms. The predicted octanol–water partition coefficient (Wildman–Crippen LogP) is 3.99. The van der Waals surface area contributed by atoms with Crippen molar-refractivity contribution in [3.8, 4) is 5.75 Å². The average molecular weight is 297 g/mol. The fraction of sp³-hybridized carbons (Fsp3) is 0.333. The van der Waals surface area contributed by atoms with Crippen LogP contribution in [0.1, 0.15) is 12.0 Å². The Morgan fingerprint density at radius 3 is 2.90 bits per heavy atom. The molecule has 0 amide bonds. The second-order valence-electron chi connectivity index (χ2n) is 5.67. The highest BCUT2D eigenvalue weighted by atomic mass is 32.2.